The molecule has 0 bridgehead atoms. The molecule has 0 saturated carbocycles. The lowest BCUT2D eigenvalue weighted by molar-refractivity contribution is 0.0743. The van der Waals surface area contributed by atoms with E-state index in [0.717, 1.165) is 5.39 Å². The average Bonchev–Trinajstić information content (AvgIpc) is 2.43. The number of hydrogen-bond donors (Lipinski definition) is 1. The monoisotopic (exact) mass is 349 g/mol. The maximum Gasteiger partial charge on any atom is 0.272 e. The topological polar surface area (TPSA) is 59.2 Å². The third-order valence-electron chi connectivity index (χ3n) is 3.20. The molecule has 1 amide bonds. The number of benzene rings is 1. The summed E-state index contributed by atoms with van der Waals surface area (Å²) in [4.78, 5) is 18.2. The van der Waals surface area contributed by atoms with Crippen molar-refractivity contribution in [2.75, 3.05) is 13.6 Å². The van der Waals surface area contributed by atoms with Gasteiger partial charge in [0.05, 0.1) is 5.52 Å². The third kappa shape index (κ3) is 4.45. The van der Waals surface area contributed by atoms with E-state index in [1.54, 1.807) is 30.1 Å². The van der Waals surface area contributed by atoms with Crippen LogP contribution in [0.25, 0.3) is 10.9 Å². The summed E-state index contributed by atoms with van der Waals surface area (Å²) in [5.74, 6) is -0.139. The van der Waals surface area contributed by atoms with Crippen LogP contribution in [0.5, 0.6) is 0 Å². The highest BCUT2D eigenvalue weighted by Crippen LogP contribution is 2.18. The summed E-state index contributed by atoms with van der Waals surface area (Å²) in [6, 6.07) is 9.00. The Labute approximate surface area is 141 Å². The molecule has 1 unspecified atom stereocenters. The Bertz CT molecular complexity index is 621. The number of nitrogens with two attached hydrogens (primary N) is 1. The van der Waals surface area contributed by atoms with E-state index >= 15 is 0 Å². The van der Waals surface area contributed by atoms with Crippen LogP contribution in [0.1, 0.15) is 17.4 Å². The van der Waals surface area contributed by atoms with Crippen molar-refractivity contribution in [3.63, 3.8) is 0 Å². The summed E-state index contributed by atoms with van der Waals surface area (Å²) >= 11 is 5.93. The highest BCUT2D eigenvalue weighted by molar-refractivity contribution is 6.31. The molecule has 0 spiro atoms. The second-order valence-corrected chi connectivity index (χ2v) is 4.97. The van der Waals surface area contributed by atoms with Gasteiger partial charge in [-0.15, -0.1) is 24.8 Å². The van der Waals surface area contributed by atoms with E-state index in [1.807, 2.05) is 19.1 Å². The zero-order chi connectivity index (χ0) is 14.0. The van der Waals surface area contributed by atoms with E-state index in [-0.39, 0.29) is 36.8 Å². The van der Waals surface area contributed by atoms with Gasteiger partial charge in [-0.05, 0) is 25.1 Å². The molecule has 0 aliphatic carbocycles. The average molecular weight is 351 g/mol. The van der Waals surface area contributed by atoms with E-state index in [2.05, 4.69) is 4.98 Å². The summed E-state index contributed by atoms with van der Waals surface area (Å²) < 4.78 is 0. The number of likely N-dealkylation sites (N-methyl/N-ethyl adjacent to an activating group) is 1. The Morgan fingerprint density at radius 1 is 1.33 bits per heavy atom. The highest BCUT2D eigenvalue weighted by atomic mass is 35.5. The van der Waals surface area contributed by atoms with Gasteiger partial charge >= 0.3 is 0 Å². The molecule has 2 rings (SSSR count). The summed E-state index contributed by atoms with van der Waals surface area (Å²) in [6.07, 6.45) is 0. The predicted octanol–water partition coefficient (Wildman–Crippen LogP) is 3.15. The molecular formula is C14H18Cl3N3O. The van der Waals surface area contributed by atoms with Crippen molar-refractivity contribution in [2.45, 2.75) is 13.0 Å². The van der Waals surface area contributed by atoms with Crippen LogP contribution < -0.4 is 5.73 Å². The van der Waals surface area contributed by atoms with Crippen LogP contribution in [0.15, 0.2) is 30.3 Å². The molecule has 2 N–H and O–H groups in total. The number of rotatable bonds is 3. The lowest BCUT2D eigenvalue weighted by atomic mass is 10.2. The van der Waals surface area contributed by atoms with Crippen molar-refractivity contribution in [2.24, 2.45) is 5.73 Å². The number of amides is 1. The molecule has 0 aliphatic rings. The van der Waals surface area contributed by atoms with Crippen molar-refractivity contribution in [1.82, 2.24) is 9.88 Å². The summed E-state index contributed by atoms with van der Waals surface area (Å²) in [5, 5.41) is 1.56. The molecule has 116 valence electrons. The van der Waals surface area contributed by atoms with E-state index in [1.165, 1.54) is 0 Å². The van der Waals surface area contributed by atoms with Crippen molar-refractivity contribution < 1.29 is 4.79 Å². The second-order valence-electron chi connectivity index (χ2n) is 4.53. The largest absolute Gasteiger partial charge is 0.336 e. The molecule has 0 aliphatic heterocycles. The molecule has 2 aromatic rings. The predicted molar refractivity (Wildman–Crippen MR) is 91.9 cm³/mol. The fourth-order valence-electron chi connectivity index (χ4n) is 1.75. The van der Waals surface area contributed by atoms with Crippen LogP contribution in [-0.2, 0) is 0 Å². The first kappa shape index (κ1) is 19.9. The Balaban J connectivity index is 0.00000200. The first-order valence-corrected chi connectivity index (χ1v) is 6.44. The smallest absolute Gasteiger partial charge is 0.272 e. The van der Waals surface area contributed by atoms with Gasteiger partial charge in [0.1, 0.15) is 5.69 Å². The quantitative estimate of drug-likeness (QED) is 0.925. The van der Waals surface area contributed by atoms with Crippen molar-refractivity contribution >= 4 is 53.2 Å². The molecule has 1 aromatic carbocycles. The van der Waals surface area contributed by atoms with E-state index < -0.39 is 0 Å². The maximum atomic E-state index is 12.2. The Hall–Kier alpha value is -1.07. The number of hydrogen-bond acceptors (Lipinski definition) is 3. The molecule has 1 aromatic heterocycles. The van der Waals surface area contributed by atoms with Crippen LogP contribution >= 0.6 is 36.4 Å². The van der Waals surface area contributed by atoms with E-state index in [4.69, 9.17) is 17.3 Å². The van der Waals surface area contributed by atoms with E-state index in [0.29, 0.717) is 22.8 Å². The van der Waals surface area contributed by atoms with Crippen LogP contribution in [-0.4, -0.2) is 35.4 Å². The van der Waals surface area contributed by atoms with Gasteiger partial charge in [-0.3, -0.25) is 4.79 Å². The zero-order valence-corrected chi connectivity index (χ0v) is 14.1. The van der Waals surface area contributed by atoms with Crippen LogP contribution in [0.3, 0.4) is 0 Å². The number of pyridine rings is 1. The number of nitrogens with zero attached hydrogens (tertiary/aromatic N) is 2. The van der Waals surface area contributed by atoms with E-state index in [9.17, 15) is 4.79 Å². The highest BCUT2D eigenvalue weighted by Gasteiger charge is 2.17. The Morgan fingerprint density at radius 3 is 2.57 bits per heavy atom. The van der Waals surface area contributed by atoms with Gasteiger partial charge in [-0.1, -0.05) is 23.7 Å². The Morgan fingerprint density at radius 2 is 1.95 bits per heavy atom. The SMILES string of the molecule is CC(CN)N(C)C(=O)c1ccc2ccc(Cl)cc2n1.Cl.Cl. The lowest BCUT2D eigenvalue weighted by Gasteiger charge is -2.23. The molecule has 1 atom stereocenters. The molecule has 0 radical (unpaired) electrons. The van der Waals surface area contributed by atoms with Crippen molar-refractivity contribution in [3.8, 4) is 0 Å². The molecule has 1 heterocycles. The lowest BCUT2D eigenvalue weighted by Crippen LogP contribution is -2.40. The fraction of sp³-hybridized carbons (Fsp3) is 0.286. The Kier molecular flexibility index (Phi) is 7.96. The minimum Gasteiger partial charge on any atom is -0.336 e. The normalized spacial score (nSPS) is 11.2. The van der Waals surface area contributed by atoms with Gasteiger partial charge in [0.2, 0.25) is 0 Å². The molecule has 21 heavy (non-hydrogen) atoms. The van der Waals surface area contributed by atoms with Crippen molar-refractivity contribution in [1.29, 1.82) is 0 Å². The number of carbonyl (C=O) groups is 1. The van der Waals surface area contributed by atoms with Gasteiger partial charge in [0.25, 0.3) is 5.91 Å². The third-order valence-corrected chi connectivity index (χ3v) is 3.43. The second kappa shape index (κ2) is 8.39. The van der Waals surface area contributed by atoms with Gasteiger partial charge in [0, 0.05) is 30.0 Å². The van der Waals surface area contributed by atoms with Gasteiger partial charge < -0.3 is 10.6 Å². The van der Waals surface area contributed by atoms with Crippen LogP contribution in [0.4, 0.5) is 0 Å². The summed E-state index contributed by atoms with van der Waals surface area (Å²) in [6.45, 7) is 2.32. The summed E-state index contributed by atoms with van der Waals surface area (Å²) in [5.41, 5.74) is 6.68. The van der Waals surface area contributed by atoms with Gasteiger partial charge in [-0.25, -0.2) is 4.98 Å². The standard InChI is InChI=1S/C14H16ClN3O.2ClH/c1-9(8-16)18(2)14(19)12-6-4-10-3-5-11(15)7-13(10)17-12;;/h3-7,9H,8,16H2,1-2H3;2*1H. The zero-order valence-electron chi connectivity index (χ0n) is 11.7. The van der Waals surface area contributed by atoms with Crippen LogP contribution in [0, 0.1) is 0 Å². The molecule has 7 heteroatoms. The van der Waals surface area contributed by atoms with Gasteiger partial charge in [-0.2, -0.15) is 0 Å². The number of fused-ring (bicyclic) bond motifs is 1. The summed E-state index contributed by atoms with van der Waals surface area (Å²) in [7, 11) is 1.73. The minimum atomic E-state index is -0.139. The molecule has 0 fully saturated rings. The molecular weight excluding hydrogens is 333 g/mol. The molecule has 0 saturated heterocycles. The van der Waals surface area contributed by atoms with Crippen LogP contribution in [0.2, 0.25) is 5.02 Å². The number of carbonyl (C=O) groups excluding carboxylic acids is 1. The first-order chi connectivity index (χ1) is 9.02. The maximum absolute atomic E-state index is 12.2. The minimum absolute atomic E-state index is 0. The number of halogens is 3. The first-order valence-electron chi connectivity index (χ1n) is 6.06. The van der Waals surface area contributed by atoms with Gasteiger partial charge in [0.15, 0.2) is 0 Å². The van der Waals surface area contributed by atoms with Crippen molar-refractivity contribution in [3.05, 3.63) is 41.0 Å². The molecule has 4 nitrogen and oxygen atoms in total. The number of aromatic nitrogens is 1. The fourth-order valence-corrected chi connectivity index (χ4v) is 1.91.